The molecule has 1 aromatic carbocycles. The number of amides is 1. The van der Waals surface area contributed by atoms with Crippen molar-refractivity contribution in [3.8, 4) is 11.8 Å². The van der Waals surface area contributed by atoms with E-state index in [2.05, 4.69) is 26.7 Å². The van der Waals surface area contributed by atoms with Gasteiger partial charge in [-0.25, -0.2) is 0 Å². The molecule has 0 saturated heterocycles. The smallest absolute Gasteiger partial charge is 0.269 e. The highest BCUT2D eigenvalue weighted by atomic mass is 32.1. The second-order valence-corrected chi connectivity index (χ2v) is 5.06. The molecule has 1 aromatic heterocycles. The van der Waals surface area contributed by atoms with Gasteiger partial charge in [-0.15, -0.1) is 5.10 Å². The molecule has 0 aliphatic rings. The predicted molar refractivity (Wildman–Crippen MR) is 84.2 cm³/mol. The number of para-hydroxylation sites is 1. The molecule has 0 aliphatic carbocycles. The summed E-state index contributed by atoms with van der Waals surface area (Å²) in [7, 11) is 0. The minimum atomic E-state index is -0.199. The maximum absolute atomic E-state index is 12.3. The molecule has 108 valence electrons. The molecule has 0 spiro atoms. The fraction of sp³-hybridized carbons (Fsp3) is 0.267. The lowest BCUT2D eigenvalue weighted by Crippen LogP contribution is -2.13. The minimum absolute atomic E-state index is 0.199. The number of nitrogens with two attached hydrogens (primary N) is 1. The van der Waals surface area contributed by atoms with Gasteiger partial charge < -0.3 is 11.1 Å². The summed E-state index contributed by atoms with van der Waals surface area (Å²) in [5.74, 6) is 5.54. The van der Waals surface area contributed by atoms with E-state index < -0.39 is 0 Å². The Bertz CT molecular complexity index is 684. The number of anilines is 1. The van der Waals surface area contributed by atoms with Crippen molar-refractivity contribution in [3.63, 3.8) is 0 Å². The third-order valence-electron chi connectivity index (χ3n) is 2.75. The molecule has 3 N–H and O–H groups in total. The summed E-state index contributed by atoms with van der Waals surface area (Å²) in [5.41, 5.74) is 7.53. The first-order chi connectivity index (χ1) is 10.3. The Labute approximate surface area is 127 Å². The Balaban J connectivity index is 2.22. The lowest BCUT2D eigenvalue weighted by Gasteiger charge is -2.06. The van der Waals surface area contributed by atoms with Crippen LogP contribution in [0.1, 0.15) is 34.3 Å². The molecule has 0 radical (unpaired) electrons. The van der Waals surface area contributed by atoms with E-state index in [-0.39, 0.29) is 12.5 Å². The molecular formula is C15H16N4OS. The van der Waals surface area contributed by atoms with Crippen molar-refractivity contribution in [3.05, 3.63) is 40.4 Å². The average Bonchev–Trinajstić information content (AvgIpc) is 2.95. The van der Waals surface area contributed by atoms with Crippen LogP contribution >= 0.6 is 11.5 Å². The number of nitrogens with one attached hydrogen (secondary N) is 1. The van der Waals surface area contributed by atoms with E-state index in [1.165, 1.54) is 0 Å². The van der Waals surface area contributed by atoms with Crippen LogP contribution < -0.4 is 11.1 Å². The zero-order chi connectivity index (χ0) is 15.1. The summed E-state index contributed by atoms with van der Waals surface area (Å²) < 4.78 is 3.86. The van der Waals surface area contributed by atoms with E-state index in [9.17, 15) is 4.79 Å². The van der Waals surface area contributed by atoms with E-state index in [0.29, 0.717) is 10.6 Å². The Morgan fingerprint density at radius 3 is 3.00 bits per heavy atom. The molecule has 1 heterocycles. The van der Waals surface area contributed by atoms with Crippen LogP contribution in [-0.4, -0.2) is 22.0 Å². The highest BCUT2D eigenvalue weighted by molar-refractivity contribution is 7.08. The third-order valence-corrected chi connectivity index (χ3v) is 3.52. The monoisotopic (exact) mass is 300 g/mol. The fourth-order valence-corrected chi connectivity index (χ4v) is 2.41. The zero-order valence-corrected chi connectivity index (χ0v) is 12.5. The largest absolute Gasteiger partial charge is 0.320 e. The molecule has 0 saturated carbocycles. The zero-order valence-electron chi connectivity index (χ0n) is 11.7. The van der Waals surface area contributed by atoms with Crippen LogP contribution in [0.3, 0.4) is 0 Å². The average molecular weight is 300 g/mol. The van der Waals surface area contributed by atoms with Crippen molar-refractivity contribution in [2.24, 2.45) is 5.73 Å². The Morgan fingerprint density at radius 1 is 1.43 bits per heavy atom. The number of aryl methyl sites for hydroxylation is 1. The number of carbonyl (C=O) groups is 1. The molecule has 0 bridgehead atoms. The Hall–Kier alpha value is -2.23. The molecule has 0 unspecified atom stereocenters. The number of rotatable bonds is 4. The van der Waals surface area contributed by atoms with Crippen molar-refractivity contribution >= 4 is 23.1 Å². The van der Waals surface area contributed by atoms with Gasteiger partial charge in [0.25, 0.3) is 5.91 Å². The second-order valence-electron chi connectivity index (χ2n) is 4.30. The molecule has 1 amide bonds. The van der Waals surface area contributed by atoms with Crippen molar-refractivity contribution in [2.75, 3.05) is 11.9 Å². The number of hydrogen-bond donors (Lipinski definition) is 2. The Morgan fingerprint density at radius 2 is 2.24 bits per heavy atom. The number of hydrogen-bond acceptors (Lipinski definition) is 5. The highest BCUT2D eigenvalue weighted by Crippen LogP contribution is 2.18. The van der Waals surface area contributed by atoms with Gasteiger partial charge in [0.15, 0.2) is 0 Å². The molecule has 21 heavy (non-hydrogen) atoms. The maximum Gasteiger partial charge on any atom is 0.269 e. The lowest BCUT2D eigenvalue weighted by molar-refractivity contribution is 0.102. The fourth-order valence-electron chi connectivity index (χ4n) is 1.81. The first-order valence-corrected chi connectivity index (χ1v) is 7.44. The van der Waals surface area contributed by atoms with Gasteiger partial charge in [0.05, 0.1) is 17.9 Å². The molecule has 2 aromatic rings. The summed E-state index contributed by atoms with van der Waals surface area (Å²) in [6.45, 7) is 2.32. The van der Waals surface area contributed by atoms with Gasteiger partial charge >= 0.3 is 0 Å². The summed E-state index contributed by atoms with van der Waals surface area (Å²) in [4.78, 5) is 12.9. The van der Waals surface area contributed by atoms with Gasteiger partial charge in [-0.05, 0) is 30.1 Å². The predicted octanol–water partition coefficient (Wildman–Crippen LogP) is 2.05. The van der Waals surface area contributed by atoms with Crippen LogP contribution in [0.25, 0.3) is 0 Å². The molecule has 0 atom stereocenters. The van der Waals surface area contributed by atoms with E-state index >= 15 is 0 Å². The minimum Gasteiger partial charge on any atom is -0.320 e. The van der Waals surface area contributed by atoms with Crippen LogP contribution in [0.15, 0.2) is 24.3 Å². The molecule has 0 aliphatic heterocycles. The number of benzene rings is 1. The number of carbonyl (C=O) groups excluding carboxylic acids is 1. The lowest BCUT2D eigenvalue weighted by atomic mass is 10.1. The van der Waals surface area contributed by atoms with E-state index in [1.807, 2.05) is 31.2 Å². The van der Waals surface area contributed by atoms with Crippen molar-refractivity contribution < 1.29 is 4.79 Å². The van der Waals surface area contributed by atoms with Gasteiger partial charge in [-0.1, -0.05) is 41.8 Å². The summed E-state index contributed by atoms with van der Waals surface area (Å²) in [6, 6.07) is 7.37. The Kier molecular flexibility index (Phi) is 5.43. The standard InChI is InChI=1S/C15H16N4OS/c1-2-6-13-14(21-19-18-13)15(20)17-12-9-4-3-7-11(12)8-5-10-16/h3-4,7,9H,2,6,10,16H2,1H3,(H,17,20). The van der Waals surface area contributed by atoms with Gasteiger partial charge in [0.2, 0.25) is 0 Å². The third kappa shape index (κ3) is 3.88. The normalized spacial score (nSPS) is 9.81. The number of nitrogens with zero attached hydrogens (tertiary/aromatic N) is 2. The molecule has 2 rings (SSSR count). The SMILES string of the molecule is CCCc1nnsc1C(=O)Nc1ccccc1C#CCN. The van der Waals surface area contributed by atoms with Crippen molar-refractivity contribution in [1.82, 2.24) is 9.59 Å². The summed E-state index contributed by atoms with van der Waals surface area (Å²) in [5, 5.41) is 6.87. The topological polar surface area (TPSA) is 80.9 Å². The van der Waals surface area contributed by atoms with Gasteiger partial charge in [0, 0.05) is 5.56 Å². The van der Waals surface area contributed by atoms with Crippen LogP contribution in [0.2, 0.25) is 0 Å². The number of aromatic nitrogens is 2. The molecule has 0 fully saturated rings. The first-order valence-electron chi connectivity index (χ1n) is 6.66. The van der Waals surface area contributed by atoms with E-state index in [1.54, 1.807) is 0 Å². The molecular weight excluding hydrogens is 284 g/mol. The molecule has 5 nitrogen and oxygen atoms in total. The van der Waals surface area contributed by atoms with Crippen molar-refractivity contribution in [1.29, 1.82) is 0 Å². The van der Waals surface area contributed by atoms with Gasteiger partial charge in [-0.2, -0.15) is 0 Å². The van der Waals surface area contributed by atoms with Crippen molar-refractivity contribution in [2.45, 2.75) is 19.8 Å². The van der Waals surface area contributed by atoms with Gasteiger partial charge in [-0.3, -0.25) is 4.79 Å². The quantitative estimate of drug-likeness (QED) is 0.847. The van der Waals surface area contributed by atoms with E-state index in [4.69, 9.17) is 5.73 Å². The highest BCUT2D eigenvalue weighted by Gasteiger charge is 2.16. The second kappa shape index (κ2) is 7.53. The van der Waals surface area contributed by atoms with Crippen LogP contribution in [-0.2, 0) is 6.42 Å². The summed E-state index contributed by atoms with van der Waals surface area (Å²) in [6.07, 6.45) is 1.66. The van der Waals surface area contributed by atoms with Crippen LogP contribution in [0.5, 0.6) is 0 Å². The first kappa shape index (κ1) is 15.2. The van der Waals surface area contributed by atoms with Crippen LogP contribution in [0.4, 0.5) is 5.69 Å². The molecule has 6 heteroatoms. The maximum atomic E-state index is 12.3. The summed E-state index contributed by atoms with van der Waals surface area (Å²) >= 11 is 1.11. The van der Waals surface area contributed by atoms with E-state index in [0.717, 1.165) is 35.6 Å². The van der Waals surface area contributed by atoms with Gasteiger partial charge in [0.1, 0.15) is 4.88 Å². The van der Waals surface area contributed by atoms with Crippen LogP contribution in [0, 0.1) is 11.8 Å².